The summed E-state index contributed by atoms with van der Waals surface area (Å²) in [6.45, 7) is 25.8. The first-order chi connectivity index (χ1) is 50.8. The minimum Gasteiger partial charge on any atom is -0.456 e. The van der Waals surface area contributed by atoms with Crippen LogP contribution in [0.5, 0.6) is 0 Å². The van der Waals surface area contributed by atoms with E-state index in [-0.39, 0.29) is 64.4 Å². The minimum absolute atomic E-state index is 0.0297. The van der Waals surface area contributed by atoms with E-state index in [4.69, 9.17) is 90.3 Å². The highest BCUT2D eigenvalue weighted by Gasteiger charge is 2.54. The van der Waals surface area contributed by atoms with E-state index in [1.807, 2.05) is 62.3 Å². The molecule has 3 heterocycles. The van der Waals surface area contributed by atoms with Gasteiger partial charge in [-0.1, -0.05) is 62.3 Å². The van der Waals surface area contributed by atoms with E-state index >= 15 is 0 Å². The second-order valence-electron chi connectivity index (χ2n) is 29.3. The van der Waals surface area contributed by atoms with Crippen LogP contribution in [0, 0.1) is 37.0 Å². The molecule has 3 saturated heterocycles. The van der Waals surface area contributed by atoms with Crippen molar-refractivity contribution in [3.8, 4) is 37.0 Å². The van der Waals surface area contributed by atoms with Crippen molar-refractivity contribution in [1.29, 1.82) is 0 Å². The molecule has 3 fully saturated rings. The molecule has 14 atom stereocenters. The molecule has 0 N–H and O–H groups in total. The number of hydrogen-bond donors (Lipinski definition) is 0. The predicted octanol–water partition coefficient (Wildman–Crippen LogP) is 9.73. The Balaban J connectivity index is 0.000000803. The van der Waals surface area contributed by atoms with Crippen LogP contribution < -0.4 is 0 Å². The van der Waals surface area contributed by atoms with Crippen molar-refractivity contribution in [2.24, 2.45) is 0 Å². The van der Waals surface area contributed by atoms with Crippen LogP contribution in [0.3, 0.4) is 0 Å². The topological polar surface area (TPSA) is 292 Å². The summed E-state index contributed by atoms with van der Waals surface area (Å²) in [5, 5.41) is 0. The fourth-order valence-corrected chi connectivity index (χ4v) is 11.6. The summed E-state index contributed by atoms with van der Waals surface area (Å²) < 4.78 is 89.1. The number of carbonyl (C=O) groups is 9. The average Bonchev–Trinajstić information content (AvgIpc) is 0.801. The molecule has 3 aliphatic rings. The zero-order valence-electron chi connectivity index (χ0n) is 68.0. The van der Waals surface area contributed by atoms with Gasteiger partial charge >= 0.3 is 53.7 Å². The minimum atomic E-state index is -1.06. The molecule has 612 valence electrons. The van der Waals surface area contributed by atoms with Crippen molar-refractivity contribution in [2.45, 2.75) is 316 Å². The maximum Gasteiger partial charge on any atom is 0.306 e. The quantitative estimate of drug-likeness (QED) is 0.0180. The van der Waals surface area contributed by atoms with Gasteiger partial charge in [0.1, 0.15) is 19.6 Å². The van der Waals surface area contributed by atoms with E-state index in [0.717, 1.165) is 58.2 Å². The number of quaternary nitrogens is 3. The summed E-state index contributed by atoms with van der Waals surface area (Å²) in [6.07, 6.45) is 15.2. The number of ether oxygens (including phenoxy) is 15. The second kappa shape index (κ2) is 55.0. The van der Waals surface area contributed by atoms with Gasteiger partial charge in [0, 0.05) is 57.8 Å². The number of unbranched alkanes of at least 4 members (excludes halogenated alkanes) is 3. The Labute approximate surface area is 640 Å². The molecule has 0 saturated carbocycles. The number of terminal acetylenes is 3. The van der Waals surface area contributed by atoms with Crippen LogP contribution in [0.25, 0.3) is 0 Å². The Kier molecular flexibility index (Phi) is 50.7. The summed E-state index contributed by atoms with van der Waals surface area (Å²) in [5.41, 5.74) is 0. The molecular weight excluding hydrogens is 1390 g/mol. The van der Waals surface area contributed by atoms with Crippen LogP contribution >= 0.6 is 0 Å². The third-order valence-corrected chi connectivity index (χ3v) is 17.2. The first-order valence-corrected chi connectivity index (χ1v) is 39.1. The molecule has 3 rings (SSSR count). The number of carbonyl (C=O) groups excluding carboxylic acids is 9. The van der Waals surface area contributed by atoms with Crippen molar-refractivity contribution < 1.29 is 128 Å². The number of nitrogens with zero attached hydrogens (tertiary/aromatic N) is 3. The molecule has 27 heteroatoms. The largest absolute Gasteiger partial charge is 0.456 e. The van der Waals surface area contributed by atoms with E-state index < -0.39 is 140 Å². The maximum absolute atomic E-state index is 12.5. The molecule has 0 aromatic carbocycles. The normalized spacial score (nSPS) is 23.4. The standard InChI is InChI=1S/2C27H46NO8.C26H44NO8/c2*1-8-14-21(29)34-24-20(5)33-27(32-19-13-12-18-28(6,7)17-11-4)26(36-23(31)16-10-3)25(24)35-22(30)15-9-2;1-7-13-21(28)33-20-19-32-26(31-18-12-11-17-27(5,6)16-10-4)25(35-23(30)15-9-3)24(20)34-22(29)14-8-2/h2*4,20,24-27H,8-10,12-19H2,1-3,5-7H3;4,20,24-26H,7-9,11-19H2,1-3,5-6H3/q3*+1/t20-,24+,25+,26-,27+;20-,24-,25+,26+,27+;20-,24-,25+,26-/m000/s1. The SMILES string of the molecule is C#CC[N+](C)(C)CCCCO[C@@H]1O[C@@H](C)[C@@H](OC(=O)CCC)[C@@H](OC(=O)CCC)[C@@H]1OC(=O)CCC.C#CC[N+](C)(C)CCCCO[C@@H]1O[C@@H](C)[C@H](OC(=O)CCC)[C@@H](OC(=O)CCC)[C@H]1OC(=O)CCC.C#CC[N+](C)(C)CCCCO[C@H]1OC[C@H](OC(=O)CCC)[C@H](OC(=O)CCC)[C@H]1OC(=O)CCC. The zero-order valence-corrected chi connectivity index (χ0v) is 68.0. The first kappa shape index (κ1) is 98.6. The van der Waals surface area contributed by atoms with Crippen molar-refractivity contribution in [3.05, 3.63) is 0 Å². The van der Waals surface area contributed by atoms with E-state index in [2.05, 4.69) is 60.0 Å². The van der Waals surface area contributed by atoms with E-state index in [1.54, 1.807) is 13.8 Å². The molecule has 0 aromatic rings. The van der Waals surface area contributed by atoms with Crippen LogP contribution in [0.1, 0.15) is 230 Å². The summed E-state index contributed by atoms with van der Waals surface area (Å²) in [5.74, 6) is 4.02. The molecule has 0 aliphatic carbocycles. The molecule has 0 amide bonds. The lowest BCUT2D eigenvalue weighted by Gasteiger charge is -2.43. The Morgan fingerprint density at radius 2 is 0.542 bits per heavy atom. The smallest absolute Gasteiger partial charge is 0.306 e. The lowest BCUT2D eigenvalue weighted by Crippen LogP contribution is -2.61. The van der Waals surface area contributed by atoms with Gasteiger partial charge in [-0.05, 0) is 128 Å². The average molecular weight is 1520 g/mol. The third-order valence-electron chi connectivity index (χ3n) is 17.2. The number of rotatable bonds is 48. The number of esters is 9. The summed E-state index contributed by atoms with van der Waals surface area (Å²) >= 11 is 0. The van der Waals surface area contributed by atoms with Crippen molar-refractivity contribution in [1.82, 2.24) is 0 Å². The van der Waals surface area contributed by atoms with Gasteiger partial charge in [0.2, 0.25) is 0 Å². The van der Waals surface area contributed by atoms with E-state index in [1.165, 1.54) is 0 Å². The monoisotopic (exact) mass is 1520 g/mol. The van der Waals surface area contributed by atoms with Gasteiger partial charge in [-0.25, -0.2) is 0 Å². The Hall–Kier alpha value is -6.45. The van der Waals surface area contributed by atoms with Gasteiger partial charge in [0.25, 0.3) is 0 Å². The van der Waals surface area contributed by atoms with E-state index in [0.29, 0.717) is 111 Å². The highest BCUT2D eigenvalue weighted by Crippen LogP contribution is 2.33. The molecule has 0 spiro atoms. The second-order valence-corrected chi connectivity index (χ2v) is 29.3. The Morgan fingerprint density at radius 3 is 0.804 bits per heavy atom. The highest BCUT2D eigenvalue weighted by molar-refractivity contribution is 5.74. The Bertz CT molecular complexity index is 2620. The third kappa shape index (κ3) is 40.7. The molecule has 0 bridgehead atoms. The van der Waals surface area contributed by atoms with Crippen molar-refractivity contribution >= 4 is 53.7 Å². The summed E-state index contributed by atoms with van der Waals surface area (Å²) in [6, 6.07) is 0. The zero-order chi connectivity index (χ0) is 80.5. The van der Waals surface area contributed by atoms with Gasteiger partial charge in [-0.15, -0.1) is 19.3 Å². The van der Waals surface area contributed by atoms with Crippen LogP contribution in [-0.4, -0.2) is 261 Å². The van der Waals surface area contributed by atoms with Crippen molar-refractivity contribution in [3.63, 3.8) is 0 Å². The molecule has 27 nitrogen and oxygen atoms in total. The Morgan fingerprint density at radius 1 is 0.318 bits per heavy atom. The lowest BCUT2D eigenvalue weighted by molar-refractivity contribution is -0.883. The van der Waals surface area contributed by atoms with Crippen LogP contribution in [0.2, 0.25) is 0 Å². The van der Waals surface area contributed by atoms with Gasteiger partial charge in [-0.3, -0.25) is 43.2 Å². The first-order valence-electron chi connectivity index (χ1n) is 39.1. The molecule has 107 heavy (non-hydrogen) atoms. The van der Waals surface area contributed by atoms with Gasteiger partial charge in [0.05, 0.1) is 101 Å². The van der Waals surface area contributed by atoms with Gasteiger partial charge < -0.3 is 84.5 Å². The maximum atomic E-state index is 12.5. The van der Waals surface area contributed by atoms with Crippen LogP contribution in [0.4, 0.5) is 0 Å². The fraction of sp³-hybridized carbons (Fsp3) is 0.812. The van der Waals surface area contributed by atoms with Gasteiger partial charge in [-0.2, -0.15) is 0 Å². The molecule has 3 aliphatic heterocycles. The van der Waals surface area contributed by atoms with Crippen LogP contribution in [-0.2, 0) is 114 Å². The highest BCUT2D eigenvalue weighted by atomic mass is 16.8. The molecular formula is C80H136N3O24+3. The predicted molar refractivity (Wildman–Crippen MR) is 399 cm³/mol. The van der Waals surface area contributed by atoms with Crippen LogP contribution in [0.15, 0.2) is 0 Å². The number of hydrogen-bond acceptors (Lipinski definition) is 24. The fourth-order valence-electron chi connectivity index (χ4n) is 11.6. The summed E-state index contributed by atoms with van der Waals surface area (Å²) in [7, 11) is 12.4. The summed E-state index contributed by atoms with van der Waals surface area (Å²) in [4.78, 5) is 112. The molecule has 0 aromatic heterocycles. The lowest BCUT2D eigenvalue weighted by atomic mass is 9.98. The van der Waals surface area contributed by atoms with E-state index in [9.17, 15) is 43.2 Å². The van der Waals surface area contributed by atoms with Gasteiger partial charge in [0.15, 0.2) is 73.8 Å². The molecule has 0 radical (unpaired) electrons. The van der Waals surface area contributed by atoms with Crippen molar-refractivity contribution in [2.75, 3.05) is 108 Å². The molecule has 0 unspecified atom stereocenters.